The standard InChI is InChI=1S/C20H20N4/c1-12-3-4-17-16-10-21-7-5-14(16)15-6-8-22-11-18(15)20(17)9-13(2)23-24-19(12)20/h3-4,9-11,14H,5-8H2,1-2H3. The monoisotopic (exact) mass is 316 g/mol. The Labute approximate surface area is 141 Å². The Morgan fingerprint density at radius 3 is 2.79 bits per heavy atom. The van der Waals surface area contributed by atoms with Crippen LogP contribution in [0.2, 0.25) is 0 Å². The zero-order valence-corrected chi connectivity index (χ0v) is 14.1. The Hall–Kier alpha value is -2.36. The molecular formula is C20H20N4. The molecule has 0 aromatic heterocycles. The highest BCUT2D eigenvalue weighted by Gasteiger charge is 2.50. The number of allylic oxidation sites excluding steroid dienone is 6. The van der Waals surface area contributed by atoms with Crippen molar-refractivity contribution in [2.24, 2.45) is 31.5 Å². The Bertz CT molecular complexity index is 889. The van der Waals surface area contributed by atoms with Crippen LogP contribution in [0.3, 0.4) is 0 Å². The van der Waals surface area contributed by atoms with Crippen LogP contribution in [-0.2, 0) is 0 Å². The lowest BCUT2D eigenvalue weighted by Gasteiger charge is -2.47. The fraction of sp³-hybridized carbons (Fsp3) is 0.400. The summed E-state index contributed by atoms with van der Waals surface area (Å²) in [4.78, 5) is 9.24. The van der Waals surface area contributed by atoms with E-state index in [0.717, 1.165) is 37.3 Å². The predicted molar refractivity (Wildman–Crippen MR) is 96.4 cm³/mol. The summed E-state index contributed by atoms with van der Waals surface area (Å²) < 4.78 is 0. The first-order valence-electron chi connectivity index (χ1n) is 8.70. The highest BCUT2D eigenvalue weighted by molar-refractivity contribution is 5.94. The molecule has 0 saturated heterocycles. The van der Waals surface area contributed by atoms with Gasteiger partial charge in [-0.15, -0.1) is 0 Å². The van der Waals surface area contributed by atoms with E-state index in [0.29, 0.717) is 5.92 Å². The van der Waals surface area contributed by atoms with Crippen molar-refractivity contribution in [2.45, 2.75) is 26.7 Å². The second-order valence-corrected chi connectivity index (χ2v) is 7.13. The van der Waals surface area contributed by atoms with E-state index < -0.39 is 0 Å². The van der Waals surface area contributed by atoms with Crippen LogP contribution in [0.15, 0.2) is 77.7 Å². The van der Waals surface area contributed by atoms with Gasteiger partial charge in [-0.25, -0.2) is 0 Å². The van der Waals surface area contributed by atoms with Crippen molar-refractivity contribution in [2.75, 3.05) is 13.1 Å². The lowest BCUT2D eigenvalue weighted by molar-refractivity contribution is 0.527. The van der Waals surface area contributed by atoms with Gasteiger partial charge in [-0.3, -0.25) is 9.98 Å². The van der Waals surface area contributed by atoms with Gasteiger partial charge in [0, 0.05) is 31.4 Å². The van der Waals surface area contributed by atoms with Crippen LogP contribution in [0.4, 0.5) is 0 Å². The fourth-order valence-corrected chi connectivity index (χ4v) is 4.81. The van der Waals surface area contributed by atoms with Gasteiger partial charge in [-0.2, -0.15) is 10.2 Å². The smallest absolute Gasteiger partial charge is 0.0864 e. The van der Waals surface area contributed by atoms with Gasteiger partial charge in [-0.05, 0) is 55.1 Å². The lowest BCUT2D eigenvalue weighted by atomic mass is 9.57. The second kappa shape index (κ2) is 4.82. The van der Waals surface area contributed by atoms with Crippen molar-refractivity contribution in [1.29, 1.82) is 0 Å². The van der Waals surface area contributed by atoms with E-state index in [2.05, 4.69) is 57.8 Å². The number of aliphatic imine (C=N–C) groups is 2. The summed E-state index contributed by atoms with van der Waals surface area (Å²) in [7, 11) is 0. The first-order chi connectivity index (χ1) is 11.7. The average Bonchev–Trinajstić information content (AvgIpc) is 2.61. The van der Waals surface area contributed by atoms with Gasteiger partial charge >= 0.3 is 0 Å². The van der Waals surface area contributed by atoms with Crippen LogP contribution in [-0.4, -0.2) is 25.5 Å². The van der Waals surface area contributed by atoms with E-state index in [1.807, 2.05) is 6.92 Å². The van der Waals surface area contributed by atoms with Crippen molar-refractivity contribution >= 4 is 12.4 Å². The number of hydrogen-bond donors (Lipinski definition) is 0. The number of rotatable bonds is 0. The topological polar surface area (TPSA) is 49.4 Å². The summed E-state index contributed by atoms with van der Waals surface area (Å²) in [6.45, 7) is 5.97. The summed E-state index contributed by atoms with van der Waals surface area (Å²) >= 11 is 0. The van der Waals surface area contributed by atoms with E-state index in [1.165, 1.54) is 27.9 Å². The number of nitrogens with zero attached hydrogens (tertiary/aromatic N) is 4. The normalized spacial score (nSPS) is 33.2. The minimum absolute atomic E-state index is 0.320. The van der Waals surface area contributed by atoms with Crippen molar-refractivity contribution in [3.63, 3.8) is 0 Å². The molecule has 4 heteroatoms. The van der Waals surface area contributed by atoms with Crippen molar-refractivity contribution in [3.8, 4) is 0 Å². The first-order valence-corrected chi connectivity index (χ1v) is 8.70. The van der Waals surface area contributed by atoms with Gasteiger partial charge in [-0.1, -0.05) is 17.7 Å². The molecule has 24 heavy (non-hydrogen) atoms. The minimum Gasteiger partial charge on any atom is -0.293 e. The molecule has 2 atom stereocenters. The molecule has 4 nitrogen and oxygen atoms in total. The summed E-state index contributed by atoms with van der Waals surface area (Å²) in [5.41, 5.74) is 8.46. The fourth-order valence-electron chi connectivity index (χ4n) is 4.81. The maximum atomic E-state index is 4.64. The number of fused-ring (bicyclic) bond motifs is 2. The number of azo groups is 1. The van der Waals surface area contributed by atoms with Gasteiger partial charge in [0.2, 0.25) is 0 Å². The van der Waals surface area contributed by atoms with Crippen LogP contribution in [0.5, 0.6) is 0 Å². The molecule has 0 fully saturated rings. The molecule has 3 heterocycles. The van der Waals surface area contributed by atoms with Crippen LogP contribution >= 0.6 is 0 Å². The largest absolute Gasteiger partial charge is 0.293 e. The van der Waals surface area contributed by atoms with E-state index in [1.54, 1.807) is 0 Å². The highest BCUT2D eigenvalue weighted by atomic mass is 15.1. The molecule has 5 rings (SSSR count). The molecular weight excluding hydrogens is 296 g/mol. The molecule has 0 N–H and O–H groups in total. The van der Waals surface area contributed by atoms with E-state index in [9.17, 15) is 0 Å². The third kappa shape index (κ3) is 1.63. The van der Waals surface area contributed by atoms with Gasteiger partial charge in [0.15, 0.2) is 0 Å². The molecule has 1 spiro atoms. The summed E-state index contributed by atoms with van der Waals surface area (Å²) in [5.74, 6) is 0.488. The number of hydrogen-bond acceptors (Lipinski definition) is 4. The van der Waals surface area contributed by atoms with E-state index in [-0.39, 0.29) is 5.41 Å². The van der Waals surface area contributed by atoms with Crippen LogP contribution < -0.4 is 0 Å². The summed E-state index contributed by atoms with van der Waals surface area (Å²) in [6, 6.07) is 0. The zero-order chi connectivity index (χ0) is 16.3. The maximum absolute atomic E-state index is 4.64. The molecule has 0 aromatic rings. The third-order valence-electron chi connectivity index (χ3n) is 5.79. The second-order valence-electron chi connectivity index (χ2n) is 7.13. The molecule has 3 aliphatic heterocycles. The van der Waals surface area contributed by atoms with Crippen LogP contribution in [0.25, 0.3) is 0 Å². The van der Waals surface area contributed by atoms with Crippen LogP contribution in [0.1, 0.15) is 26.7 Å². The molecule has 2 aliphatic carbocycles. The molecule has 0 radical (unpaired) electrons. The SMILES string of the molecule is CC1=CC23C(=C4C=NCCC4C4=C2C=NCC4)C=CC(C)=C3N=N1. The molecule has 0 saturated carbocycles. The van der Waals surface area contributed by atoms with Gasteiger partial charge < -0.3 is 0 Å². The van der Waals surface area contributed by atoms with Crippen molar-refractivity contribution < 1.29 is 0 Å². The van der Waals surface area contributed by atoms with Gasteiger partial charge in [0.05, 0.1) is 16.8 Å². The van der Waals surface area contributed by atoms with Crippen molar-refractivity contribution in [3.05, 3.63) is 57.5 Å². The summed E-state index contributed by atoms with van der Waals surface area (Å²) in [6.07, 6.45) is 13.1. The summed E-state index contributed by atoms with van der Waals surface area (Å²) in [5, 5.41) is 8.99. The Morgan fingerprint density at radius 2 is 1.88 bits per heavy atom. The first kappa shape index (κ1) is 14.0. The average molecular weight is 316 g/mol. The maximum Gasteiger partial charge on any atom is 0.0864 e. The van der Waals surface area contributed by atoms with Gasteiger partial charge in [0.1, 0.15) is 0 Å². The Kier molecular flexibility index (Phi) is 2.82. The number of dihydropyridines is 1. The Morgan fingerprint density at radius 1 is 1.00 bits per heavy atom. The lowest BCUT2D eigenvalue weighted by Crippen LogP contribution is -2.39. The molecule has 0 amide bonds. The highest BCUT2D eigenvalue weighted by Crippen LogP contribution is 2.58. The molecule has 2 unspecified atom stereocenters. The predicted octanol–water partition coefficient (Wildman–Crippen LogP) is 4.36. The van der Waals surface area contributed by atoms with E-state index >= 15 is 0 Å². The van der Waals surface area contributed by atoms with E-state index in [4.69, 9.17) is 0 Å². The van der Waals surface area contributed by atoms with Crippen molar-refractivity contribution in [1.82, 2.24) is 0 Å². The van der Waals surface area contributed by atoms with Crippen LogP contribution in [0, 0.1) is 11.3 Å². The molecule has 0 bridgehead atoms. The molecule has 5 aliphatic rings. The van der Waals surface area contributed by atoms with Gasteiger partial charge in [0.25, 0.3) is 0 Å². The third-order valence-corrected chi connectivity index (χ3v) is 5.79. The molecule has 0 aromatic carbocycles. The minimum atomic E-state index is -0.320. The molecule has 120 valence electrons. The zero-order valence-electron chi connectivity index (χ0n) is 14.1. The Balaban J connectivity index is 1.90. The quantitative estimate of drug-likeness (QED) is 0.637.